The number of carbonyl (C=O) groups is 2. The summed E-state index contributed by atoms with van der Waals surface area (Å²) >= 11 is 2.69. The molecule has 0 fully saturated rings. The second-order valence-corrected chi connectivity index (χ2v) is 12.0. The Labute approximate surface area is 294 Å². The Hall–Kier alpha value is -5.04. The molecule has 12 heteroatoms. The molecule has 0 N–H and O–H groups in total. The summed E-state index contributed by atoms with van der Waals surface area (Å²) in [4.78, 5) is 34.7. The van der Waals surface area contributed by atoms with Gasteiger partial charge in [0.1, 0.15) is 33.7 Å². The average Bonchev–Trinajstić information content (AvgIpc) is 3.11. The molecule has 252 valence electrons. The zero-order chi connectivity index (χ0) is 35.5. The molecule has 0 saturated heterocycles. The van der Waals surface area contributed by atoms with Gasteiger partial charge in [0.15, 0.2) is 0 Å². The van der Waals surface area contributed by atoms with Crippen LogP contribution in [0.2, 0.25) is 0 Å². The normalized spacial score (nSPS) is 10.5. The Kier molecular flexibility index (Phi) is 13.1. The van der Waals surface area contributed by atoms with Gasteiger partial charge in [0.2, 0.25) is 0 Å². The number of nitriles is 2. The van der Waals surface area contributed by atoms with E-state index in [0.717, 1.165) is 0 Å². The fraction of sp³-hybridized carbons (Fsp3) is 0.297. The van der Waals surface area contributed by atoms with Crippen molar-refractivity contribution in [2.75, 3.05) is 38.9 Å². The highest BCUT2D eigenvalue weighted by molar-refractivity contribution is 7.98. The van der Waals surface area contributed by atoms with Gasteiger partial charge in [-0.25, -0.2) is 19.6 Å². The molecule has 2 aromatic carbocycles. The van der Waals surface area contributed by atoms with Crippen LogP contribution >= 0.6 is 23.5 Å². The molecular weight excluding hydrogens is 661 g/mol. The summed E-state index contributed by atoms with van der Waals surface area (Å²) < 4.78 is 22.4. The number of aromatic nitrogens is 2. The van der Waals surface area contributed by atoms with Gasteiger partial charge in [-0.2, -0.15) is 10.5 Å². The molecule has 0 aliphatic carbocycles. The lowest BCUT2D eigenvalue weighted by atomic mass is 9.95. The molecular formula is C37H36N4O6S2. The predicted molar refractivity (Wildman–Crippen MR) is 189 cm³/mol. The maximum absolute atomic E-state index is 12.9. The summed E-state index contributed by atoms with van der Waals surface area (Å²) in [6.07, 6.45) is 4.28. The highest BCUT2D eigenvalue weighted by Gasteiger charge is 2.26. The van der Waals surface area contributed by atoms with Crippen LogP contribution in [0.25, 0.3) is 22.3 Å². The quantitative estimate of drug-likeness (QED) is 0.0720. The van der Waals surface area contributed by atoms with Crippen molar-refractivity contribution in [2.45, 2.75) is 44.2 Å². The molecule has 2 aromatic heterocycles. The smallest absolute Gasteiger partial charge is 0.340 e. The lowest BCUT2D eigenvalue weighted by Crippen LogP contribution is -2.12. The van der Waals surface area contributed by atoms with Crippen molar-refractivity contribution in [3.8, 4) is 45.9 Å². The van der Waals surface area contributed by atoms with Gasteiger partial charge in [-0.1, -0.05) is 24.3 Å². The zero-order valence-corrected chi connectivity index (χ0v) is 29.8. The van der Waals surface area contributed by atoms with Gasteiger partial charge >= 0.3 is 11.9 Å². The Bertz CT molecular complexity index is 1780. The van der Waals surface area contributed by atoms with Crippen LogP contribution < -0.4 is 9.47 Å². The molecule has 0 radical (unpaired) electrons. The Morgan fingerprint density at radius 2 is 1.04 bits per heavy atom. The van der Waals surface area contributed by atoms with E-state index < -0.39 is 11.9 Å². The van der Waals surface area contributed by atoms with Crippen molar-refractivity contribution >= 4 is 35.5 Å². The van der Waals surface area contributed by atoms with E-state index in [2.05, 4.69) is 22.1 Å². The second-order valence-electron chi connectivity index (χ2n) is 10.4. The van der Waals surface area contributed by atoms with Crippen LogP contribution in [0.5, 0.6) is 11.5 Å². The van der Waals surface area contributed by atoms with E-state index in [0.29, 0.717) is 86.0 Å². The van der Waals surface area contributed by atoms with Gasteiger partial charge in [-0.15, -0.1) is 23.5 Å². The monoisotopic (exact) mass is 696 g/mol. The number of aryl methyl sites for hydroxylation is 2. The number of rotatable bonds is 14. The number of ether oxygens (including phenoxy) is 4. The summed E-state index contributed by atoms with van der Waals surface area (Å²) in [5, 5.41) is 21.0. The lowest BCUT2D eigenvalue weighted by molar-refractivity contribution is 0.0516. The van der Waals surface area contributed by atoms with Crippen molar-refractivity contribution in [3.05, 3.63) is 82.2 Å². The minimum absolute atomic E-state index is 0.206. The van der Waals surface area contributed by atoms with E-state index in [9.17, 15) is 20.1 Å². The van der Waals surface area contributed by atoms with E-state index in [-0.39, 0.29) is 24.3 Å². The minimum atomic E-state index is -0.521. The number of carbonyl (C=O) groups excluding carboxylic acids is 2. The van der Waals surface area contributed by atoms with Gasteiger partial charge < -0.3 is 18.9 Å². The largest absolute Gasteiger partial charge is 0.493 e. The molecule has 4 aromatic rings. The van der Waals surface area contributed by atoms with Crippen LogP contribution in [0, 0.1) is 36.5 Å². The molecule has 10 nitrogen and oxygen atoms in total. The molecule has 0 bridgehead atoms. The van der Waals surface area contributed by atoms with Gasteiger partial charge in [-0.3, -0.25) is 0 Å². The molecule has 0 aliphatic rings. The molecule has 0 aliphatic heterocycles. The maximum atomic E-state index is 12.9. The number of esters is 2. The van der Waals surface area contributed by atoms with E-state index in [1.807, 2.05) is 36.8 Å². The first kappa shape index (κ1) is 36.8. The summed E-state index contributed by atoms with van der Waals surface area (Å²) in [7, 11) is 0. The van der Waals surface area contributed by atoms with Crippen molar-refractivity contribution in [3.63, 3.8) is 0 Å². The average molecular weight is 697 g/mol. The van der Waals surface area contributed by atoms with Crippen LogP contribution in [-0.4, -0.2) is 60.8 Å². The van der Waals surface area contributed by atoms with Crippen molar-refractivity contribution in [1.82, 2.24) is 9.97 Å². The number of pyridine rings is 2. The number of thioether (sulfide) groups is 2. The number of hydrogen-bond donors (Lipinski definition) is 0. The third kappa shape index (κ3) is 8.34. The fourth-order valence-corrected chi connectivity index (χ4v) is 6.37. The van der Waals surface area contributed by atoms with Crippen LogP contribution in [-0.2, 0) is 9.47 Å². The third-order valence-corrected chi connectivity index (χ3v) is 8.74. The Morgan fingerprint density at radius 1 is 0.673 bits per heavy atom. The number of benzene rings is 2. The maximum Gasteiger partial charge on any atom is 0.340 e. The Morgan fingerprint density at radius 3 is 1.35 bits per heavy atom. The second kappa shape index (κ2) is 17.4. The van der Waals surface area contributed by atoms with Crippen LogP contribution in [0.15, 0.2) is 58.6 Å². The van der Waals surface area contributed by atoms with Crippen molar-refractivity contribution < 1.29 is 28.5 Å². The van der Waals surface area contributed by atoms with Crippen molar-refractivity contribution in [1.29, 1.82) is 10.5 Å². The molecule has 2 heterocycles. The van der Waals surface area contributed by atoms with Crippen LogP contribution in [0.1, 0.15) is 63.5 Å². The van der Waals surface area contributed by atoms with Crippen LogP contribution in [0.3, 0.4) is 0 Å². The van der Waals surface area contributed by atoms with Gasteiger partial charge in [-0.05, 0) is 75.6 Å². The zero-order valence-electron chi connectivity index (χ0n) is 28.2. The highest BCUT2D eigenvalue weighted by atomic mass is 32.2. The number of nitrogens with zero attached hydrogens (tertiary/aromatic N) is 4. The van der Waals surface area contributed by atoms with E-state index in [1.165, 1.54) is 23.5 Å². The number of hydrogen-bond acceptors (Lipinski definition) is 12. The summed E-state index contributed by atoms with van der Waals surface area (Å²) in [5.41, 5.74) is 4.55. The first-order valence-corrected chi connectivity index (χ1v) is 18.0. The van der Waals surface area contributed by atoms with Gasteiger partial charge in [0.25, 0.3) is 0 Å². The van der Waals surface area contributed by atoms with Crippen LogP contribution in [0.4, 0.5) is 0 Å². The first-order valence-electron chi connectivity index (χ1n) is 15.5. The van der Waals surface area contributed by atoms with Gasteiger partial charge in [0.05, 0.1) is 60.1 Å². The minimum Gasteiger partial charge on any atom is -0.493 e. The molecule has 4 rings (SSSR count). The van der Waals surface area contributed by atoms with Crippen molar-refractivity contribution in [2.24, 2.45) is 0 Å². The van der Waals surface area contributed by atoms with E-state index in [1.54, 1.807) is 52.0 Å². The highest BCUT2D eigenvalue weighted by Crippen LogP contribution is 2.37. The summed E-state index contributed by atoms with van der Waals surface area (Å²) in [5.74, 6) is 0.213. The molecule has 49 heavy (non-hydrogen) atoms. The fourth-order valence-electron chi connectivity index (χ4n) is 5.21. The third-order valence-electron chi connectivity index (χ3n) is 7.37. The Balaban J connectivity index is 1.42. The molecule has 0 atom stereocenters. The molecule has 0 amide bonds. The SMILES string of the molecule is CCOC(=O)c1c(C)nc(SC)c(C#N)c1-c1ccc(OCCCOc2ccc(-c3c(C#N)c(SC)nc(C)c3C(=O)OCC)cc2)cc1. The molecule has 0 unspecified atom stereocenters. The first-order chi connectivity index (χ1) is 23.7. The lowest BCUT2D eigenvalue weighted by Gasteiger charge is -2.16. The predicted octanol–water partition coefficient (Wildman–Crippen LogP) is 7.82. The standard InChI is InChI=1S/C37H36N4O6S2/c1-7-44-36(42)30-22(3)40-34(48-5)28(20-38)32(30)24-10-14-26(15-11-24)46-18-9-19-47-27-16-12-25(13-17-27)33-29(21-39)35(49-6)41-23(4)31(33)37(43)45-8-2/h10-17H,7-9,18-19H2,1-6H3. The van der Waals surface area contributed by atoms with Gasteiger partial charge in [0, 0.05) is 17.5 Å². The topological polar surface area (TPSA) is 144 Å². The summed E-state index contributed by atoms with van der Waals surface area (Å²) in [6.45, 7) is 8.13. The van der Waals surface area contributed by atoms with E-state index in [4.69, 9.17) is 18.9 Å². The van der Waals surface area contributed by atoms with E-state index >= 15 is 0 Å². The molecule has 0 saturated carbocycles. The molecule has 0 spiro atoms. The summed E-state index contributed by atoms with van der Waals surface area (Å²) in [6, 6.07) is 18.9.